The first-order valence-electron chi connectivity index (χ1n) is 14.1. The van der Waals surface area contributed by atoms with Gasteiger partial charge in [-0.1, -0.05) is 41.5 Å². The first kappa shape index (κ1) is 34.1. The fourth-order valence-corrected chi connectivity index (χ4v) is 10.7. The van der Waals surface area contributed by atoms with Gasteiger partial charge in [-0.2, -0.15) is 0 Å². The number of nitrogens with one attached hydrogen (secondary N) is 1. The van der Waals surface area contributed by atoms with Gasteiger partial charge in [0.05, 0.1) is 11.2 Å². The summed E-state index contributed by atoms with van der Waals surface area (Å²) in [7, 11) is -3.48. The Labute approximate surface area is 241 Å². The van der Waals surface area contributed by atoms with Crippen molar-refractivity contribution in [3.63, 3.8) is 0 Å². The number of carbonyl (C=O) groups excluding carboxylic acids is 1. The summed E-state index contributed by atoms with van der Waals surface area (Å²) in [6, 6.07) is 1.73. The quantitative estimate of drug-likeness (QED) is 0.317. The first-order valence-corrected chi connectivity index (χ1v) is 16.3. The summed E-state index contributed by atoms with van der Waals surface area (Å²) in [6.07, 6.45) is -1.23. The van der Waals surface area contributed by atoms with Crippen molar-refractivity contribution in [3.8, 4) is 5.75 Å². The Morgan fingerprint density at radius 3 is 1.88 bits per heavy atom. The van der Waals surface area contributed by atoms with Crippen LogP contribution in [0.4, 0.5) is 9.18 Å². The number of rotatable bonds is 10. The highest BCUT2D eigenvalue weighted by atomic mass is 28.4. The van der Waals surface area contributed by atoms with Crippen molar-refractivity contribution in [2.75, 3.05) is 0 Å². The van der Waals surface area contributed by atoms with E-state index >= 15 is 4.39 Å². The summed E-state index contributed by atoms with van der Waals surface area (Å²) in [6.45, 7) is 25.4. The molecule has 1 aliphatic rings. The van der Waals surface area contributed by atoms with Crippen LogP contribution in [0.3, 0.4) is 0 Å². The molecule has 1 aromatic rings. The van der Waals surface area contributed by atoms with Gasteiger partial charge in [-0.25, -0.2) is 14.0 Å². The van der Waals surface area contributed by atoms with E-state index in [1.807, 2.05) is 27.7 Å². The van der Waals surface area contributed by atoms with Gasteiger partial charge in [0.15, 0.2) is 0 Å². The second-order valence-corrected chi connectivity index (χ2v) is 19.1. The third-order valence-corrected chi connectivity index (χ3v) is 14.1. The van der Waals surface area contributed by atoms with Crippen molar-refractivity contribution in [3.05, 3.63) is 23.5 Å². The van der Waals surface area contributed by atoms with Crippen LogP contribution >= 0.6 is 0 Å². The van der Waals surface area contributed by atoms with Gasteiger partial charge < -0.3 is 28.9 Å². The largest absolute Gasteiger partial charge is 0.543 e. The van der Waals surface area contributed by atoms with E-state index < -0.39 is 56.2 Å². The minimum Gasteiger partial charge on any atom is -0.543 e. The maximum Gasteiger partial charge on any atom is 0.498 e. The maximum absolute atomic E-state index is 16.2. The normalized spacial score (nSPS) is 17.9. The van der Waals surface area contributed by atoms with Crippen LogP contribution in [0, 0.1) is 5.82 Å². The van der Waals surface area contributed by atoms with E-state index in [1.165, 1.54) is 0 Å². The lowest BCUT2D eigenvalue weighted by Crippen LogP contribution is -2.51. The molecule has 0 saturated carbocycles. The van der Waals surface area contributed by atoms with Gasteiger partial charge in [-0.15, -0.1) is 0 Å². The molecule has 1 atom stereocenters. The summed E-state index contributed by atoms with van der Waals surface area (Å²) in [5, 5.41) is 12.3. The fourth-order valence-electron chi connectivity index (χ4n) is 5.46. The molecular formula is C29H49BFNO7Si. The molecular weight excluding hydrogens is 532 g/mol. The highest BCUT2D eigenvalue weighted by Gasteiger charge is 2.53. The highest BCUT2D eigenvalue weighted by molar-refractivity contribution is 6.78. The van der Waals surface area contributed by atoms with Crippen LogP contribution in [0.2, 0.25) is 16.6 Å². The molecule has 0 spiro atoms. The first-order chi connectivity index (χ1) is 18.0. The predicted octanol–water partition coefficient (Wildman–Crippen LogP) is 6.20. The van der Waals surface area contributed by atoms with Gasteiger partial charge in [0.25, 0.3) is 8.32 Å². The Morgan fingerprint density at radius 2 is 1.48 bits per heavy atom. The standard InChI is InChI=1S/C29H49BFNO7Si/c1-17(2)40(18(3)4,19(5)6)37-21-14-20(15-23(25(33)34)32-26(35)36-27(7,8)9)24(31)22(16-21)30-38-28(10,11)29(12,13)39-30/h14,16-19,23H,15H2,1-13H3,(H,32,35)(H,33,34)/t23-/m0/s1. The monoisotopic (exact) mass is 581 g/mol. The van der Waals surface area contributed by atoms with Gasteiger partial charge in [-0.05, 0) is 82.8 Å². The van der Waals surface area contributed by atoms with E-state index in [4.69, 9.17) is 18.5 Å². The molecule has 0 unspecified atom stereocenters. The Kier molecular flexibility index (Phi) is 10.2. The van der Waals surface area contributed by atoms with Gasteiger partial charge in [0.2, 0.25) is 0 Å². The molecule has 40 heavy (non-hydrogen) atoms. The number of benzene rings is 1. The molecule has 2 rings (SSSR count). The second-order valence-electron chi connectivity index (χ2n) is 13.7. The number of aliphatic carboxylic acids is 1. The number of ether oxygens (including phenoxy) is 1. The van der Waals surface area contributed by atoms with Gasteiger partial charge >= 0.3 is 19.2 Å². The summed E-state index contributed by atoms with van der Waals surface area (Å²) >= 11 is 0. The highest BCUT2D eigenvalue weighted by Crippen LogP contribution is 2.43. The number of carbonyl (C=O) groups is 2. The Balaban J connectivity index is 2.65. The van der Waals surface area contributed by atoms with Crippen LogP contribution in [0.25, 0.3) is 0 Å². The molecule has 1 aromatic carbocycles. The Bertz CT molecular complexity index is 1050. The number of hydrogen-bond acceptors (Lipinski definition) is 6. The molecule has 0 bridgehead atoms. The number of carboxylic acids is 1. The zero-order valence-corrected chi connectivity index (χ0v) is 27.5. The van der Waals surface area contributed by atoms with E-state index in [1.54, 1.807) is 32.9 Å². The van der Waals surface area contributed by atoms with Crippen LogP contribution < -0.4 is 15.2 Å². The van der Waals surface area contributed by atoms with Crippen molar-refractivity contribution >= 4 is 33.0 Å². The minimum atomic E-state index is -2.45. The van der Waals surface area contributed by atoms with Crippen molar-refractivity contribution in [2.24, 2.45) is 0 Å². The van der Waals surface area contributed by atoms with Crippen LogP contribution in [0.5, 0.6) is 5.75 Å². The smallest absolute Gasteiger partial charge is 0.498 e. The maximum atomic E-state index is 16.2. The zero-order valence-electron chi connectivity index (χ0n) is 26.5. The fraction of sp³-hybridized carbons (Fsp3) is 0.724. The molecule has 1 amide bonds. The van der Waals surface area contributed by atoms with Crippen molar-refractivity contribution < 1.29 is 37.6 Å². The third-order valence-electron chi connectivity index (χ3n) is 8.07. The van der Waals surface area contributed by atoms with Gasteiger partial charge in [0.1, 0.15) is 23.2 Å². The van der Waals surface area contributed by atoms with Gasteiger partial charge in [0, 0.05) is 11.9 Å². The molecule has 1 heterocycles. The van der Waals surface area contributed by atoms with E-state index in [2.05, 4.69) is 46.9 Å². The van der Waals surface area contributed by atoms with E-state index in [0.29, 0.717) is 5.75 Å². The number of alkyl carbamates (subject to hydrolysis) is 1. The Hall–Kier alpha value is -2.11. The Morgan fingerprint density at radius 1 is 1.00 bits per heavy atom. The molecule has 8 nitrogen and oxygen atoms in total. The summed E-state index contributed by atoms with van der Waals surface area (Å²) in [5.41, 5.74) is -1.29. The predicted molar refractivity (Wildman–Crippen MR) is 158 cm³/mol. The average molecular weight is 582 g/mol. The van der Waals surface area contributed by atoms with E-state index in [9.17, 15) is 14.7 Å². The SMILES string of the molecule is CC(C)[Si](Oc1cc(C[C@H](NC(=O)OC(C)(C)C)C(=O)O)c(F)c(B2OC(C)(C)C(C)(C)O2)c1)(C(C)C)C(C)C. The molecule has 0 radical (unpaired) electrons. The molecule has 1 aliphatic heterocycles. The number of hydrogen-bond donors (Lipinski definition) is 2. The van der Waals surface area contributed by atoms with Crippen molar-refractivity contribution in [1.82, 2.24) is 5.32 Å². The molecule has 1 fully saturated rings. The van der Waals surface area contributed by atoms with Crippen LogP contribution in [-0.2, 0) is 25.3 Å². The van der Waals surface area contributed by atoms with E-state index in [-0.39, 0.29) is 34.1 Å². The molecule has 0 aliphatic carbocycles. The minimum absolute atomic E-state index is 0.0739. The van der Waals surface area contributed by atoms with Gasteiger partial charge in [-0.3, -0.25) is 0 Å². The lowest BCUT2D eigenvalue weighted by atomic mass is 9.77. The molecule has 2 N–H and O–H groups in total. The molecule has 0 aromatic heterocycles. The molecule has 11 heteroatoms. The van der Waals surface area contributed by atoms with Crippen LogP contribution in [0.15, 0.2) is 12.1 Å². The van der Waals surface area contributed by atoms with Crippen LogP contribution in [0.1, 0.15) is 95.6 Å². The second kappa shape index (κ2) is 12.0. The molecule has 226 valence electrons. The number of amides is 1. The topological polar surface area (TPSA) is 103 Å². The summed E-state index contributed by atoms with van der Waals surface area (Å²) in [4.78, 5) is 24.5. The lowest BCUT2D eigenvalue weighted by molar-refractivity contribution is -0.139. The van der Waals surface area contributed by atoms with Crippen molar-refractivity contribution in [1.29, 1.82) is 0 Å². The lowest BCUT2D eigenvalue weighted by Gasteiger charge is -2.42. The van der Waals surface area contributed by atoms with Crippen molar-refractivity contribution in [2.45, 2.75) is 136 Å². The molecule has 1 saturated heterocycles. The van der Waals surface area contributed by atoms with Crippen LogP contribution in [-0.4, -0.2) is 55.4 Å². The third kappa shape index (κ3) is 7.39. The summed E-state index contributed by atoms with van der Waals surface area (Å²) < 4.78 is 40.7. The number of halogens is 1. The summed E-state index contributed by atoms with van der Waals surface area (Å²) in [5.74, 6) is -1.54. The number of carboxylic acid groups (broad SMARTS) is 1. The van der Waals surface area contributed by atoms with E-state index in [0.717, 1.165) is 0 Å². The zero-order chi connectivity index (χ0) is 31.0. The average Bonchev–Trinajstić information content (AvgIpc) is 2.97.